The van der Waals surface area contributed by atoms with Gasteiger partial charge in [0.15, 0.2) is 11.3 Å². The van der Waals surface area contributed by atoms with Crippen LogP contribution in [0, 0.1) is 5.41 Å². The van der Waals surface area contributed by atoms with E-state index in [4.69, 9.17) is 41.9 Å². The maximum atomic E-state index is 15.1. The summed E-state index contributed by atoms with van der Waals surface area (Å²) in [5.74, 6) is -0.294. The largest absolute Gasteiger partial charge is 0.462 e. The Kier molecular flexibility index (Phi) is 12.1. The second kappa shape index (κ2) is 13.7. The summed E-state index contributed by atoms with van der Waals surface area (Å²) in [4.78, 5) is 50.0. The van der Waals surface area contributed by atoms with E-state index < -0.39 is 51.4 Å². The van der Waals surface area contributed by atoms with Crippen LogP contribution in [-0.4, -0.2) is 61.6 Å². The highest BCUT2D eigenvalue weighted by molar-refractivity contribution is 8.13. The number of nitrogens with zero attached hydrogens (tertiary/aromatic N) is 1. The van der Waals surface area contributed by atoms with E-state index in [-0.39, 0.29) is 30.2 Å². The molecule has 17 heteroatoms. The second-order valence-electron chi connectivity index (χ2n) is 9.46. The van der Waals surface area contributed by atoms with Crippen LogP contribution in [0.5, 0.6) is 0 Å². The minimum absolute atomic E-state index is 0.0271. The normalized spacial score (nSPS) is 24.2. The van der Waals surface area contributed by atoms with Gasteiger partial charge in [0.2, 0.25) is 0 Å². The Morgan fingerprint density at radius 3 is 2.61 bits per heavy atom. The third kappa shape index (κ3) is 10.0. The van der Waals surface area contributed by atoms with Gasteiger partial charge in [0.1, 0.15) is 11.5 Å². The summed E-state index contributed by atoms with van der Waals surface area (Å²) in [5, 5.41) is 2.82. The number of alkyl halides is 2. The average molecular weight is 636 g/mol. The molecule has 0 aromatic carbocycles. The highest BCUT2D eigenvalue weighted by Gasteiger charge is 2.51. The van der Waals surface area contributed by atoms with Crippen molar-refractivity contribution in [3.05, 3.63) is 33.1 Å². The van der Waals surface area contributed by atoms with E-state index in [0.717, 1.165) is 28.6 Å². The van der Waals surface area contributed by atoms with Crippen LogP contribution in [0.15, 0.2) is 21.9 Å². The number of halogens is 2. The summed E-state index contributed by atoms with van der Waals surface area (Å²) in [7, 11) is 0. The molecule has 0 bridgehead atoms. The van der Waals surface area contributed by atoms with Gasteiger partial charge in [-0.2, -0.15) is 0 Å². The molecule has 0 saturated carbocycles. The van der Waals surface area contributed by atoms with Gasteiger partial charge in [-0.1, -0.05) is 55.9 Å². The lowest BCUT2D eigenvalue weighted by atomic mass is 10.00. The van der Waals surface area contributed by atoms with E-state index in [1.807, 2.05) is 4.98 Å². The smallest absolute Gasteiger partial charge is 0.330 e. The molecule has 1 aliphatic heterocycles. The maximum absolute atomic E-state index is 15.1. The molecular formula is C21H32ClFN3O8PS3. The van der Waals surface area contributed by atoms with Crippen LogP contribution in [0.25, 0.3) is 0 Å². The molecule has 1 aromatic rings. The summed E-state index contributed by atoms with van der Waals surface area (Å²) in [5.41, 5.74) is -3.12. The number of aromatic amines is 1. The van der Waals surface area contributed by atoms with Gasteiger partial charge < -0.3 is 18.5 Å². The highest BCUT2D eigenvalue weighted by Crippen LogP contribution is 2.53. The lowest BCUT2D eigenvalue weighted by Crippen LogP contribution is -2.36. The van der Waals surface area contributed by atoms with Crippen molar-refractivity contribution < 1.29 is 32.5 Å². The van der Waals surface area contributed by atoms with Crippen LogP contribution in [0.4, 0.5) is 4.39 Å². The van der Waals surface area contributed by atoms with Gasteiger partial charge in [-0.05, 0) is 32.6 Å². The molecule has 2 rings (SSSR count). The number of hydrogen-bond donors (Lipinski definition) is 2. The Morgan fingerprint density at radius 1 is 1.37 bits per heavy atom. The molecule has 38 heavy (non-hydrogen) atoms. The van der Waals surface area contributed by atoms with Crippen LogP contribution in [-0.2, 0) is 39.9 Å². The average Bonchev–Trinajstić information content (AvgIpc) is 3.08. The first-order chi connectivity index (χ1) is 17.4. The van der Waals surface area contributed by atoms with Gasteiger partial charge in [0, 0.05) is 23.4 Å². The first-order valence-corrected chi connectivity index (χ1v) is 16.4. The van der Waals surface area contributed by atoms with E-state index in [9.17, 15) is 19.2 Å². The lowest BCUT2D eigenvalue weighted by Gasteiger charge is -2.27. The fraction of sp³-hybridized carbons (Fsp3) is 0.714. The van der Waals surface area contributed by atoms with Crippen LogP contribution in [0.3, 0.4) is 0 Å². The van der Waals surface area contributed by atoms with Crippen molar-refractivity contribution in [3.8, 4) is 0 Å². The quantitative estimate of drug-likeness (QED) is 0.150. The monoisotopic (exact) mass is 635 g/mol. The molecule has 0 radical (unpaired) electrons. The van der Waals surface area contributed by atoms with E-state index in [1.54, 1.807) is 34.6 Å². The molecule has 1 fully saturated rings. The summed E-state index contributed by atoms with van der Waals surface area (Å²) in [6.07, 6.45) is -0.859. The number of aromatic nitrogens is 2. The maximum Gasteiger partial charge on any atom is 0.330 e. The van der Waals surface area contributed by atoms with Crippen molar-refractivity contribution in [1.29, 1.82) is 0 Å². The fourth-order valence-electron chi connectivity index (χ4n) is 2.80. The molecule has 1 aliphatic rings. The molecular weight excluding hydrogens is 604 g/mol. The van der Waals surface area contributed by atoms with Gasteiger partial charge in [-0.3, -0.25) is 23.9 Å². The third-order valence-corrected chi connectivity index (χ3v) is 9.98. The topological polar surface area (TPSA) is 138 Å². The van der Waals surface area contributed by atoms with Crippen molar-refractivity contribution >= 4 is 64.7 Å². The van der Waals surface area contributed by atoms with Crippen molar-refractivity contribution in [2.24, 2.45) is 5.41 Å². The van der Waals surface area contributed by atoms with Crippen molar-refractivity contribution in [2.75, 3.05) is 19.0 Å². The van der Waals surface area contributed by atoms with Gasteiger partial charge >= 0.3 is 11.7 Å². The molecule has 5 unspecified atom stereocenters. The molecule has 2 N–H and O–H groups in total. The molecule has 1 saturated heterocycles. The van der Waals surface area contributed by atoms with Gasteiger partial charge in [0.25, 0.3) is 16.7 Å². The highest BCUT2D eigenvalue weighted by atomic mass is 35.5. The van der Waals surface area contributed by atoms with Gasteiger partial charge in [-0.15, -0.1) is 0 Å². The Bertz CT molecular complexity index is 1160. The molecule has 0 amide bonds. The van der Waals surface area contributed by atoms with Gasteiger partial charge in [-0.25, -0.2) is 14.3 Å². The number of rotatable bonds is 12. The minimum Gasteiger partial charge on any atom is -0.462 e. The first-order valence-electron chi connectivity index (χ1n) is 11.5. The Morgan fingerprint density at radius 2 is 2.03 bits per heavy atom. The van der Waals surface area contributed by atoms with Crippen molar-refractivity contribution in [3.63, 3.8) is 0 Å². The molecule has 11 nitrogen and oxygen atoms in total. The number of hydrogen-bond acceptors (Lipinski definition) is 11. The zero-order chi connectivity index (χ0) is 28.9. The van der Waals surface area contributed by atoms with Crippen molar-refractivity contribution in [2.45, 2.75) is 69.8 Å². The predicted molar refractivity (Wildman–Crippen MR) is 149 cm³/mol. The summed E-state index contributed by atoms with van der Waals surface area (Å²) >= 11 is 13.2. The SMILES string of the molecule is CC(C)OC(=O)C(C)NP(=S)(OCCSC(=O)C(C)(C)C)OCC1OC(n2ccc(=O)[nH]c2=O)C(F)(Cl)S1. The number of carbonyl (C=O) groups is 2. The zero-order valence-electron chi connectivity index (χ0n) is 21.7. The number of esters is 1. The van der Waals surface area contributed by atoms with Crippen molar-refractivity contribution in [1.82, 2.24) is 14.6 Å². The Hall–Kier alpha value is -0.770. The Balaban J connectivity index is 2.10. The number of ether oxygens (including phenoxy) is 2. The van der Waals surface area contributed by atoms with Crippen LogP contribution >= 0.6 is 41.8 Å². The number of carbonyl (C=O) groups excluding carboxylic acids is 2. The molecule has 0 aliphatic carbocycles. The summed E-state index contributed by atoms with van der Waals surface area (Å²) in [6.45, 7) is 6.65. The molecule has 216 valence electrons. The number of H-pyrrole nitrogens is 1. The van der Waals surface area contributed by atoms with E-state index in [2.05, 4.69) is 5.09 Å². The summed E-state index contributed by atoms with van der Waals surface area (Å²) in [6, 6.07) is 0.133. The molecule has 1 aromatic heterocycles. The lowest BCUT2D eigenvalue weighted by molar-refractivity contribution is -0.149. The number of thioether (sulfide) groups is 2. The Labute approximate surface area is 238 Å². The molecule has 2 heterocycles. The summed E-state index contributed by atoms with van der Waals surface area (Å²) < 4.78 is 35.8. The van der Waals surface area contributed by atoms with Crippen LogP contribution in [0.1, 0.15) is 47.8 Å². The minimum atomic E-state index is -3.39. The molecule has 0 spiro atoms. The standard InChI is InChI=1S/C21H32ClFN3O8PS3/c1-12(2)33-16(28)13(3)25-35(36,31-9-10-37-18(29)20(4,5)6)32-11-15-34-17(21(22,23)38-15)26-8-7-14(27)24-19(26)30/h7-8,12-13,15,17H,9-11H2,1-6H3,(H,25,36)(H,24,27,30). The zero-order valence-corrected chi connectivity index (χ0v) is 25.8. The second-order valence-corrected chi connectivity index (χ2v) is 15.9. The number of nitrogens with one attached hydrogen (secondary N) is 2. The predicted octanol–water partition coefficient (Wildman–Crippen LogP) is 3.48. The third-order valence-electron chi connectivity index (χ3n) is 4.59. The van der Waals surface area contributed by atoms with E-state index in [1.165, 1.54) is 6.92 Å². The van der Waals surface area contributed by atoms with Crippen LogP contribution in [0.2, 0.25) is 0 Å². The first kappa shape index (κ1) is 33.4. The van der Waals surface area contributed by atoms with Gasteiger partial charge in [0.05, 0.1) is 19.3 Å². The fourth-order valence-corrected chi connectivity index (χ4v) is 7.54. The molecule has 5 atom stereocenters. The van der Waals surface area contributed by atoms with E-state index >= 15 is 4.39 Å². The van der Waals surface area contributed by atoms with Crippen LogP contribution < -0.4 is 16.3 Å². The van der Waals surface area contributed by atoms with E-state index in [0.29, 0.717) is 11.8 Å².